The van der Waals surface area contributed by atoms with Crippen LogP contribution < -0.4 is 5.73 Å². The van der Waals surface area contributed by atoms with E-state index in [-0.39, 0.29) is 0 Å². The highest BCUT2D eigenvalue weighted by Gasteiger charge is 2.13. The van der Waals surface area contributed by atoms with E-state index in [1.54, 1.807) is 12.7 Å². The summed E-state index contributed by atoms with van der Waals surface area (Å²) in [5.74, 6) is 1.27. The van der Waals surface area contributed by atoms with E-state index in [1.165, 1.54) is 0 Å². The molecule has 2 heterocycles. The minimum atomic E-state index is 0.551. The summed E-state index contributed by atoms with van der Waals surface area (Å²) in [7, 11) is 0. The van der Waals surface area contributed by atoms with Crippen molar-refractivity contribution in [2.75, 3.05) is 5.73 Å². The van der Waals surface area contributed by atoms with E-state index in [2.05, 4.69) is 30.7 Å². The first kappa shape index (κ1) is 11.7. The lowest BCUT2D eigenvalue weighted by Crippen LogP contribution is -2.07. The molecule has 0 saturated carbocycles. The van der Waals surface area contributed by atoms with Crippen molar-refractivity contribution in [1.29, 1.82) is 0 Å². The molecule has 0 aromatic carbocycles. The van der Waals surface area contributed by atoms with Crippen LogP contribution in [-0.2, 0) is 13.1 Å². The average Bonchev–Trinajstić information content (AvgIpc) is 2.86. The van der Waals surface area contributed by atoms with E-state index in [9.17, 15) is 0 Å². The second-order valence-electron chi connectivity index (χ2n) is 4.59. The van der Waals surface area contributed by atoms with Gasteiger partial charge >= 0.3 is 0 Å². The first-order valence-corrected chi connectivity index (χ1v) is 5.94. The van der Waals surface area contributed by atoms with E-state index in [1.807, 2.05) is 15.3 Å². The van der Waals surface area contributed by atoms with Crippen LogP contribution in [-0.4, -0.2) is 19.1 Å². The molecule has 0 aliphatic carbocycles. The maximum absolute atomic E-state index is 6.13. The number of aryl methyl sites for hydroxylation is 1. The number of rotatable bonds is 4. The zero-order chi connectivity index (χ0) is 12.4. The molecule has 2 aromatic heterocycles. The second-order valence-corrected chi connectivity index (χ2v) is 4.59. The molecule has 2 N–H and O–H groups in total. The van der Waals surface area contributed by atoms with Gasteiger partial charge in [0.25, 0.3) is 0 Å². The maximum atomic E-state index is 6.13. The van der Waals surface area contributed by atoms with Gasteiger partial charge in [-0.2, -0.15) is 0 Å². The molecule has 0 bridgehead atoms. The number of hydrogen-bond acceptors (Lipinski definition) is 3. The van der Waals surface area contributed by atoms with Gasteiger partial charge < -0.3 is 14.9 Å². The fourth-order valence-electron chi connectivity index (χ4n) is 1.90. The Kier molecular flexibility index (Phi) is 3.17. The molecule has 17 heavy (non-hydrogen) atoms. The summed E-state index contributed by atoms with van der Waals surface area (Å²) in [5, 5.41) is 0. The number of anilines is 1. The van der Waals surface area contributed by atoms with Crippen molar-refractivity contribution in [3.05, 3.63) is 18.9 Å². The topological polar surface area (TPSA) is 61.7 Å². The number of nitrogen functional groups attached to an aromatic ring is 1. The van der Waals surface area contributed by atoms with Gasteiger partial charge in [-0.05, 0) is 12.8 Å². The Bertz CT molecular complexity index is 495. The molecule has 0 saturated heterocycles. The van der Waals surface area contributed by atoms with Crippen molar-refractivity contribution in [2.24, 2.45) is 5.92 Å². The average molecular weight is 233 g/mol. The maximum Gasteiger partial charge on any atom is 0.133 e. The normalized spacial score (nSPS) is 11.3. The quantitative estimate of drug-likeness (QED) is 0.878. The van der Waals surface area contributed by atoms with Gasteiger partial charge in [-0.3, -0.25) is 0 Å². The molecule has 0 fully saturated rings. The van der Waals surface area contributed by atoms with Crippen molar-refractivity contribution in [1.82, 2.24) is 19.1 Å². The Morgan fingerprint density at radius 2 is 2.06 bits per heavy atom. The third-order valence-electron chi connectivity index (χ3n) is 2.74. The standard InChI is InChI=1S/C12H19N5/c1-4-16-7-14-5-10(16)11-12(13)17(8-15-11)6-9(2)3/h5,7-9H,4,6,13H2,1-3H3. The van der Waals surface area contributed by atoms with Crippen molar-refractivity contribution in [2.45, 2.75) is 33.9 Å². The first-order chi connectivity index (χ1) is 8.13. The Morgan fingerprint density at radius 3 is 2.71 bits per heavy atom. The van der Waals surface area contributed by atoms with E-state index in [0.717, 1.165) is 24.5 Å². The van der Waals surface area contributed by atoms with E-state index < -0.39 is 0 Å². The van der Waals surface area contributed by atoms with Crippen LogP contribution in [0.15, 0.2) is 18.9 Å². The van der Waals surface area contributed by atoms with Gasteiger partial charge in [0.15, 0.2) is 0 Å². The SMILES string of the molecule is CCn1cncc1-c1ncn(CC(C)C)c1N. The van der Waals surface area contributed by atoms with Crippen molar-refractivity contribution in [3.63, 3.8) is 0 Å². The first-order valence-electron chi connectivity index (χ1n) is 5.94. The van der Waals surface area contributed by atoms with Crippen LogP contribution in [0.1, 0.15) is 20.8 Å². The van der Waals surface area contributed by atoms with Gasteiger partial charge in [-0.25, -0.2) is 9.97 Å². The van der Waals surface area contributed by atoms with Crippen LogP contribution in [0, 0.1) is 5.92 Å². The van der Waals surface area contributed by atoms with Crippen LogP contribution in [0.5, 0.6) is 0 Å². The summed E-state index contributed by atoms with van der Waals surface area (Å²) in [6, 6.07) is 0. The predicted molar refractivity (Wildman–Crippen MR) is 68.4 cm³/mol. The molecular weight excluding hydrogens is 214 g/mol. The molecule has 2 rings (SSSR count). The fraction of sp³-hybridized carbons (Fsp3) is 0.500. The van der Waals surface area contributed by atoms with Crippen LogP contribution in [0.3, 0.4) is 0 Å². The Morgan fingerprint density at radius 1 is 1.29 bits per heavy atom. The number of aromatic nitrogens is 4. The molecule has 0 radical (unpaired) electrons. The van der Waals surface area contributed by atoms with Crippen molar-refractivity contribution >= 4 is 5.82 Å². The van der Waals surface area contributed by atoms with Crippen molar-refractivity contribution < 1.29 is 0 Å². The zero-order valence-corrected chi connectivity index (χ0v) is 10.6. The predicted octanol–water partition coefficient (Wildman–Crippen LogP) is 2.00. The molecule has 92 valence electrons. The van der Waals surface area contributed by atoms with E-state index in [4.69, 9.17) is 5.73 Å². The smallest absolute Gasteiger partial charge is 0.133 e. The number of nitrogens with two attached hydrogens (primary N) is 1. The molecule has 0 atom stereocenters. The summed E-state index contributed by atoms with van der Waals surface area (Å²) in [6.45, 7) is 8.15. The van der Waals surface area contributed by atoms with E-state index in [0.29, 0.717) is 11.7 Å². The molecule has 2 aromatic rings. The molecule has 0 amide bonds. The lowest BCUT2D eigenvalue weighted by molar-refractivity contribution is 0.527. The molecule has 5 nitrogen and oxygen atoms in total. The lowest BCUT2D eigenvalue weighted by Gasteiger charge is -2.08. The third kappa shape index (κ3) is 2.18. The summed E-state index contributed by atoms with van der Waals surface area (Å²) >= 11 is 0. The Hall–Kier alpha value is -1.78. The van der Waals surface area contributed by atoms with E-state index >= 15 is 0 Å². The largest absolute Gasteiger partial charge is 0.383 e. The number of imidazole rings is 2. The minimum Gasteiger partial charge on any atom is -0.383 e. The van der Waals surface area contributed by atoms with Crippen molar-refractivity contribution in [3.8, 4) is 11.4 Å². The summed E-state index contributed by atoms with van der Waals surface area (Å²) in [4.78, 5) is 8.54. The molecule has 0 unspecified atom stereocenters. The lowest BCUT2D eigenvalue weighted by atomic mass is 10.2. The van der Waals surface area contributed by atoms with Crippen LogP contribution in [0.4, 0.5) is 5.82 Å². The molecule has 0 spiro atoms. The molecule has 5 heteroatoms. The van der Waals surface area contributed by atoms with Gasteiger partial charge in [0, 0.05) is 13.1 Å². The monoisotopic (exact) mass is 233 g/mol. The highest BCUT2D eigenvalue weighted by atomic mass is 15.1. The summed E-state index contributed by atoms with van der Waals surface area (Å²) in [5.41, 5.74) is 7.93. The Balaban J connectivity index is 2.37. The fourth-order valence-corrected chi connectivity index (χ4v) is 1.90. The minimum absolute atomic E-state index is 0.551. The highest BCUT2D eigenvalue weighted by Crippen LogP contribution is 2.24. The van der Waals surface area contributed by atoms with Gasteiger partial charge in [-0.15, -0.1) is 0 Å². The molecular formula is C12H19N5. The summed E-state index contributed by atoms with van der Waals surface area (Å²) < 4.78 is 4.03. The Labute approximate surface area is 101 Å². The zero-order valence-electron chi connectivity index (χ0n) is 10.6. The van der Waals surface area contributed by atoms with Gasteiger partial charge in [0.2, 0.25) is 0 Å². The highest BCUT2D eigenvalue weighted by molar-refractivity contribution is 5.67. The number of hydrogen-bond donors (Lipinski definition) is 1. The second kappa shape index (κ2) is 4.61. The van der Waals surface area contributed by atoms with Gasteiger partial charge in [-0.1, -0.05) is 13.8 Å². The molecule has 0 aliphatic heterocycles. The van der Waals surface area contributed by atoms with Gasteiger partial charge in [0.05, 0.1) is 24.5 Å². The van der Waals surface area contributed by atoms with Crippen LogP contribution in [0.2, 0.25) is 0 Å². The van der Waals surface area contributed by atoms with Crippen LogP contribution >= 0.6 is 0 Å². The van der Waals surface area contributed by atoms with Gasteiger partial charge in [0.1, 0.15) is 11.5 Å². The van der Waals surface area contributed by atoms with Crippen LogP contribution in [0.25, 0.3) is 11.4 Å². The molecule has 0 aliphatic rings. The number of nitrogens with zero attached hydrogens (tertiary/aromatic N) is 4. The summed E-state index contributed by atoms with van der Waals surface area (Å²) in [6.07, 6.45) is 5.41. The third-order valence-corrected chi connectivity index (χ3v) is 2.74.